The van der Waals surface area contributed by atoms with Crippen LogP contribution in [0.3, 0.4) is 0 Å². The number of hydrogen-bond acceptors (Lipinski definition) is 4. The predicted octanol–water partition coefficient (Wildman–Crippen LogP) is 4.33. The Morgan fingerprint density at radius 3 is 2.19 bits per heavy atom. The molecular weight excluding hydrogens is 334 g/mol. The largest absolute Gasteiger partial charge is 0.368 e. The van der Waals surface area contributed by atoms with Gasteiger partial charge in [-0.3, -0.25) is 4.99 Å². The van der Waals surface area contributed by atoms with Gasteiger partial charge in [-0.2, -0.15) is 0 Å². The smallest absolute Gasteiger partial charge is 0.219 e. The van der Waals surface area contributed by atoms with E-state index in [-0.39, 0.29) is 17.6 Å². The maximum Gasteiger partial charge on any atom is 0.219 e. The summed E-state index contributed by atoms with van der Waals surface area (Å²) in [4.78, 5) is 12.5. The van der Waals surface area contributed by atoms with Crippen molar-refractivity contribution in [3.8, 4) is 11.1 Å². The number of nitrogens with two attached hydrogens (primary N) is 1. The second-order valence-electron chi connectivity index (χ2n) is 6.18. The molecule has 130 valence electrons. The van der Waals surface area contributed by atoms with E-state index in [1.54, 1.807) is 12.4 Å². The van der Waals surface area contributed by atoms with Gasteiger partial charge in [-0.05, 0) is 36.1 Å². The third-order valence-electron chi connectivity index (χ3n) is 4.52. The number of aromatic nitrogens is 2. The van der Waals surface area contributed by atoms with Crippen LogP contribution in [-0.2, 0) is 0 Å². The SMILES string of the molecule is Nc1ncc(-c2ccc(C3CCC(c4c(F)cccc4F)=N3)cc2)cn1. The van der Waals surface area contributed by atoms with E-state index in [0.29, 0.717) is 12.1 Å². The molecule has 6 heteroatoms. The first-order valence-electron chi connectivity index (χ1n) is 8.31. The van der Waals surface area contributed by atoms with E-state index in [4.69, 9.17) is 5.73 Å². The van der Waals surface area contributed by atoms with Gasteiger partial charge in [0.1, 0.15) is 11.6 Å². The van der Waals surface area contributed by atoms with Crippen molar-refractivity contribution in [3.05, 3.63) is 77.6 Å². The number of halogens is 2. The quantitative estimate of drug-likeness (QED) is 0.765. The molecule has 4 rings (SSSR count). The highest BCUT2D eigenvalue weighted by Crippen LogP contribution is 2.33. The average molecular weight is 350 g/mol. The Balaban J connectivity index is 1.59. The van der Waals surface area contributed by atoms with Gasteiger partial charge in [-0.1, -0.05) is 30.3 Å². The Kier molecular flexibility index (Phi) is 4.16. The van der Waals surface area contributed by atoms with Crippen molar-refractivity contribution < 1.29 is 8.78 Å². The molecule has 0 saturated heterocycles. The number of nitrogens with zero attached hydrogens (tertiary/aromatic N) is 3. The van der Waals surface area contributed by atoms with E-state index in [1.165, 1.54) is 18.2 Å². The van der Waals surface area contributed by atoms with Gasteiger partial charge in [0.15, 0.2) is 0 Å². The van der Waals surface area contributed by atoms with E-state index in [2.05, 4.69) is 15.0 Å². The van der Waals surface area contributed by atoms with Crippen molar-refractivity contribution >= 4 is 11.7 Å². The Morgan fingerprint density at radius 1 is 0.885 bits per heavy atom. The van der Waals surface area contributed by atoms with Gasteiger partial charge in [-0.25, -0.2) is 18.7 Å². The van der Waals surface area contributed by atoms with Crippen molar-refractivity contribution in [1.82, 2.24) is 9.97 Å². The molecule has 4 nitrogen and oxygen atoms in total. The van der Waals surface area contributed by atoms with Crippen molar-refractivity contribution in [2.45, 2.75) is 18.9 Å². The second kappa shape index (κ2) is 6.63. The normalized spacial score (nSPS) is 16.5. The first-order chi connectivity index (χ1) is 12.6. The molecule has 0 bridgehead atoms. The monoisotopic (exact) mass is 350 g/mol. The molecule has 1 aliphatic heterocycles. The van der Waals surface area contributed by atoms with Crippen LogP contribution in [0, 0.1) is 11.6 Å². The van der Waals surface area contributed by atoms with Crippen molar-refractivity contribution in [2.75, 3.05) is 5.73 Å². The molecule has 2 aromatic carbocycles. The maximum absolute atomic E-state index is 14.0. The molecule has 1 unspecified atom stereocenters. The minimum absolute atomic E-state index is 0.00866. The average Bonchev–Trinajstić information content (AvgIpc) is 3.12. The summed E-state index contributed by atoms with van der Waals surface area (Å²) < 4.78 is 27.9. The van der Waals surface area contributed by atoms with E-state index < -0.39 is 11.6 Å². The molecule has 1 atom stereocenters. The molecule has 2 heterocycles. The van der Waals surface area contributed by atoms with E-state index >= 15 is 0 Å². The molecule has 0 spiro atoms. The van der Waals surface area contributed by atoms with Crippen molar-refractivity contribution in [3.63, 3.8) is 0 Å². The lowest BCUT2D eigenvalue weighted by molar-refractivity contribution is 0.578. The minimum Gasteiger partial charge on any atom is -0.368 e. The Morgan fingerprint density at radius 2 is 1.54 bits per heavy atom. The molecule has 0 aliphatic carbocycles. The zero-order valence-corrected chi connectivity index (χ0v) is 13.9. The Hall–Kier alpha value is -3.15. The van der Waals surface area contributed by atoms with Crippen molar-refractivity contribution in [2.24, 2.45) is 4.99 Å². The number of hydrogen-bond donors (Lipinski definition) is 1. The molecular formula is C20H16F2N4. The molecule has 0 saturated carbocycles. The fourth-order valence-corrected chi connectivity index (χ4v) is 3.18. The van der Waals surface area contributed by atoms with Crippen LogP contribution in [-0.4, -0.2) is 15.7 Å². The minimum atomic E-state index is -0.567. The van der Waals surface area contributed by atoms with Crippen LogP contribution in [0.25, 0.3) is 11.1 Å². The van der Waals surface area contributed by atoms with Gasteiger partial charge in [0.05, 0.1) is 11.6 Å². The summed E-state index contributed by atoms with van der Waals surface area (Å²) in [6, 6.07) is 11.7. The molecule has 1 aliphatic rings. The molecule has 0 fully saturated rings. The lowest BCUT2D eigenvalue weighted by Gasteiger charge is -2.08. The number of rotatable bonds is 3. The topological polar surface area (TPSA) is 64.2 Å². The van der Waals surface area contributed by atoms with Crippen LogP contribution in [0.2, 0.25) is 0 Å². The van der Waals surface area contributed by atoms with Crippen LogP contribution in [0.15, 0.2) is 59.9 Å². The fourth-order valence-electron chi connectivity index (χ4n) is 3.18. The molecule has 1 aromatic heterocycles. The van der Waals surface area contributed by atoms with Crippen LogP contribution in [0.5, 0.6) is 0 Å². The summed E-state index contributed by atoms with van der Waals surface area (Å²) in [5.74, 6) is -0.898. The molecule has 3 aromatic rings. The Bertz CT molecular complexity index is 946. The Labute approximate surface area is 149 Å². The predicted molar refractivity (Wildman–Crippen MR) is 96.8 cm³/mol. The summed E-state index contributed by atoms with van der Waals surface area (Å²) in [7, 11) is 0. The first-order valence-corrected chi connectivity index (χ1v) is 8.31. The molecule has 2 N–H and O–H groups in total. The van der Waals surface area contributed by atoms with E-state index in [0.717, 1.165) is 23.1 Å². The maximum atomic E-state index is 14.0. The van der Waals surface area contributed by atoms with E-state index in [9.17, 15) is 8.78 Å². The summed E-state index contributed by atoms with van der Waals surface area (Å²) in [5.41, 5.74) is 8.83. The highest BCUT2D eigenvalue weighted by Gasteiger charge is 2.24. The van der Waals surface area contributed by atoms with Crippen LogP contribution >= 0.6 is 0 Å². The summed E-state index contributed by atoms with van der Waals surface area (Å²) in [5, 5.41) is 0. The highest BCUT2D eigenvalue weighted by atomic mass is 19.1. The van der Waals surface area contributed by atoms with Gasteiger partial charge in [-0.15, -0.1) is 0 Å². The van der Waals surface area contributed by atoms with Crippen LogP contribution in [0.4, 0.5) is 14.7 Å². The van der Waals surface area contributed by atoms with Gasteiger partial charge < -0.3 is 5.73 Å². The highest BCUT2D eigenvalue weighted by molar-refractivity contribution is 6.02. The zero-order valence-electron chi connectivity index (χ0n) is 13.9. The van der Waals surface area contributed by atoms with Crippen LogP contribution < -0.4 is 5.73 Å². The lowest BCUT2D eigenvalue weighted by Crippen LogP contribution is -2.03. The lowest BCUT2D eigenvalue weighted by atomic mass is 10.0. The molecule has 0 amide bonds. The number of aliphatic imine (C=N–C) groups is 1. The summed E-state index contributed by atoms with van der Waals surface area (Å²) >= 11 is 0. The third-order valence-corrected chi connectivity index (χ3v) is 4.52. The first kappa shape index (κ1) is 16.3. The molecule has 26 heavy (non-hydrogen) atoms. The van der Waals surface area contributed by atoms with Crippen molar-refractivity contribution in [1.29, 1.82) is 0 Å². The fraction of sp³-hybridized carbons (Fsp3) is 0.150. The van der Waals surface area contributed by atoms with Gasteiger partial charge in [0.25, 0.3) is 0 Å². The number of benzene rings is 2. The van der Waals surface area contributed by atoms with E-state index in [1.807, 2.05) is 24.3 Å². The zero-order chi connectivity index (χ0) is 18.1. The number of nitrogen functional groups attached to an aromatic ring is 1. The van der Waals surface area contributed by atoms with Gasteiger partial charge in [0, 0.05) is 23.7 Å². The standard InChI is InChI=1S/C20H16F2N4/c21-15-2-1-3-16(22)19(15)18-9-8-17(26-18)13-6-4-12(5-7-13)14-10-24-20(23)25-11-14/h1-7,10-11,17H,8-9H2,(H2,23,24,25). The molecule has 0 radical (unpaired) electrons. The van der Waals surface area contributed by atoms with Crippen LogP contribution in [0.1, 0.15) is 30.0 Å². The third kappa shape index (κ3) is 3.06. The van der Waals surface area contributed by atoms with Gasteiger partial charge >= 0.3 is 0 Å². The number of anilines is 1. The van der Waals surface area contributed by atoms with Gasteiger partial charge in [0.2, 0.25) is 5.95 Å². The second-order valence-corrected chi connectivity index (χ2v) is 6.18. The summed E-state index contributed by atoms with van der Waals surface area (Å²) in [6.45, 7) is 0. The summed E-state index contributed by atoms with van der Waals surface area (Å²) in [6.07, 6.45) is 4.62.